The summed E-state index contributed by atoms with van der Waals surface area (Å²) in [6.45, 7) is 4.78. The van der Waals surface area contributed by atoms with Gasteiger partial charge in [-0.2, -0.15) is 0 Å². The first-order chi connectivity index (χ1) is 15.5. The maximum atomic E-state index is 13.4. The van der Waals surface area contributed by atoms with Gasteiger partial charge in [-0.3, -0.25) is 29.5 Å². The summed E-state index contributed by atoms with van der Waals surface area (Å²) < 4.78 is 5.36. The number of morpholine rings is 1. The molecule has 0 radical (unpaired) electrons. The van der Waals surface area contributed by atoms with E-state index in [2.05, 4.69) is 4.90 Å². The molecule has 2 saturated heterocycles. The molecule has 0 aromatic heterocycles. The fraction of sp³-hybridized carbons (Fsp3) is 0.545. The SMILES string of the molecule is O=C1C(c2ccc([N+](=O)[O-])cc2)=C(N2CCCC(CO)C2)C(=O)N1CCN1CCOCC1. The summed E-state index contributed by atoms with van der Waals surface area (Å²) in [5.74, 6) is -0.673. The van der Waals surface area contributed by atoms with Crippen LogP contribution in [0.3, 0.4) is 0 Å². The Labute approximate surface area is 186 Å². The van der Waals surface area contributed by atoms with Crippen molar-refractivity contribution in [3.8, 4) is 0 Å². The molecule has 3 aliphatic heterocycles. The van der Waals surface area contributed by atoms with Gasteiger partial charge in [-0.05, 0) is 36.5 Å². The van der Waals surface area contributed by atoms with Gasteiger partial charge in [0.25, 0.3) is 17.5 Å². The Hall–Kier alpha value is -2.82. The summed E-state index contributed by atoms with van der Waals surface area (Å²) >= 11 is 0. The van der Waals surface area contributed by atoms with E-state index in [0.29, 0.717) is 44.1 Å². The Kier molecular flexibility index (Phi) is 6.83. The lowest BCUT2D eigenvalue weighted by Gasteiger charge is -2.34. The summed E-state index contributed by atoms with van der Waals surface area (Å²) in [7, 11) is 0. The molecule has 2 amide bonds. The molecular formula is C22H28N4O6. The molecule has 10 heteroatoms. The number of imide groups is 1. The third-order valence-corrected chi connectivity index (χ3v) is 6.35. The van der Waals surface area contributed by atoms with Crippen molar-refractivity contribution in [3.63, 3.8) is 0 Å². The molecule has 4 rings (SSSR count). The molecule has 10 nitrogen and oxygen atoms in total. The van der Waals surface area contributed by atoms with Crippen molar-refractivity contribution in [2.75, 3.05) is 59.1 Å². The van der Waals surface area contributed by atoms with Crippen LogP contribution in [0.25, 0.3) is 5.57 Å². The minimum absolute atomic E-state index is 0.0273. The van der Waals surface area contributed by atoms with Crippen LogP contribution in [-0.2, 0) is 14.3 Å². The number of nitro benzene ring substituents is 1. The van der Waals surface area contributed by atoms with E-state index in [1.165, 1.54) is 29.2 Å². The van der Waals surface area contributed by atoms with Gasteiger partial charge in [-0.15, -0.1) is 0 Å². The monoisotopic (exact) mass is 444 g/mol. The topological polar surface area (TPSA) is 116 Å². The molecule has 172 valence electrons. The molecule has 32 heavy (non-hydrogen) atoms. The second-order valence-electron chi connectivity index (χ2n) is 8.38. The predicted octanol–water partition coefficient (Wildman–Crippen LogP) is 0.711. The zero-order valence-corrected chi connectivity index (χ0v) is 17.9. The summed E-state index contributed by atoms with van der Waals surface area (Å²) in [5.41, 5.74) is 1.04. The fourth-order valence-electron chi connectivity index (χ4n) is 4.55. The number of aliphatic hydroxyl groups is 1. The van der Waals surface area contributed by atoms with Gasteiger partial charge in [0.2, 0.25) is 0 Å². The smallest absolute Gasteiger partial charge is 0.277 e. The first-order valence-corrected chi connectivity index (χ1v) is 11.0. The molecule has 2 fully saturated rings. The van der Waals surface area contributed by atoms with Crippen molar-refractivity contribution in [2.45, 2.75) is 12.8 Å². The normalized spacial score (nSPS) is 22.7. The molecule has 1 unspecified atom stereocenters. The molecule has 1 aromatic rings. The van der Waals surface area contributed by atoms with Gasteiger partial charge in [0.05, 0.1) is 23.7 Å². The molecule has 3 aliphatic rings. The van der Waals surface area contributed by atoms with Crippen LogP contribution in [0.2, 0.25) is 0 Å². The Morgan fingerprint density at radius 3 is 2.44 bits per heavy atom. The van der Waals surface area contributed by atoms with Crippen LogP contribution in [0.4, 0.5) is 5.69 Å². The predicted molar refractivity (Wildman–Crippen MR) is 115 cm³/mol. The van der Waals surface area contributed by atoms with E-state index >= 15 is 0 Å². The highest BCUT2D eigenvalue weighted by Gasteiger charge is 2.42. The van der Waals surface area contributed by atoms with E-state index in [1.807, 2.05) is 4.90 Å². The van der Waals surface area contributed by atoms with E-state index in [9.17, 15) is 24.8 Å². The van der Waals surface area contributed by atoms with Gasteiger partial charge in [0, 0.05) is 58.0 Å². The third kappa shape index (κ3) is 4.52. The van der Waals surface area contributed by atoms with E-state index in [4.69, 9.17) is 4.74 Å². The van der Waals surface area contributed by atoms with Gasteiger partial charge in [-0.25, -0.2) is 0 Å². The largest absolute Gasteiger partial charge is 0.396 e. The maximum Gasteiger partial charge on any atom is 0.277 e. The van der Waals surface area contributed by atoms with Crippen molar-refractivity contribution in [1.82, 2.24) is 14.7 Å². The highest BCUT2D eigenvalue weighted by molar-refractivity contribution is 6.35. The van der Waals surface area contributed by atoms with Gasteiger partial charge >= 0.3 is 0 Å². The Morgan fingerprint density at radius 2 is 1.78 bits per heavy atom. The zero-order valence-electron chi connectivity index (χ0n) is 17.9. The Bertz CT molecular complexity index is 910. The van der Waals surface area contributed by atoms with Crippen LogP contribution in [0.5, 0.6) is 0 Å². The van der Waals surface area contributed by atoms with Gasteiger partial charge in [0.15, 0.2) is 0 Å². The average molecular weight is 444 g/mol. The number of rotatable bonds is 7. The van der Waals surface area contributed by atoms with Crippen molar-refractivity contribution >= 4 is 23.1 Å². The lowest BCUT2D eigenvalue weighted by atomic mass is 9.97. The highest BCUT2D eigenvalue weighted by Crippen LogP contribution is 2.34. The van der Waals surface area contributed by atoms with Crippen LogP contribution >= 0.6 is 0 Å². The van der Waals surface area contributed by atoms with Gasteiger partial charge < -0.3 is 14.7 Å². The van der Waals surface area contributed by atoms with Gasteiger partial charge in [0.1, 0.15) is 5.70 Å². The number of non-ortho nitro benzene ring substituents is 1. The molecule has 0 aliphatic carbocycles. The van der Waals surface area contributed by atoms with Crippen LogP contribution in [0.1, 0.15) is 18.4 Å². The number of likely N-dealkylation sites (tertiary alicyclic amines) is 1. The molecule has 0 spiro atoms. The first-order valence-electron chi connectivity index (χ1n) is 11.0. The third-order valence-electron chi connectivity index (χ3n) is 6.35. The number of carbonyl (C=O) groups excluding carboxylic acids is 2. The summed E-state index contributed by atoms with van der Waals surface area (Å²) in [4.78, 5) is 42.7. The molecule has 1 atom stereocenters. The molecule has 1 N–H and O–H groups in total. The van der Waals surface area contributed by atoms with Crippen LogP contribution < -0.4 is 0 Å². The number of piperidine rings is 1. The minimum atomic E-state index is -0.494. The van der Waals surface area contributed by atoms with Crippen molar-refractivity contribution in [2.24, 2.45) is 5.92 Å². The number of carbonyl (C=O) groups is 2. The lowest BCUT2D eigenvalue weighted by Crippen LogP contribution is -2.45. The number of hydrogen-bond acceptors (Lipinski definition) is 8. The van der Waals surface area contributed by atoms with E-state index in [-0.39, 0.29) is 42.1 Å². The number of nitro groups is 1. The molecular weight excluding hydrogens is 416 g/mol. The maximum absolute atomic E-state index is 13.4. The standard InChI is InChI=1S/C22H28N4O6/c27-15-16-2-1-7-24(14-16)20-19(17-3-5-18(6-4-17)26(30)31)21(28)25(22(20)29)9-8-23-10-12-32-13-11-23/h3-6,16,27H,1-2,7-15H2. The molecule has 0 bridgehead atoms. The number of ether oxygens (including phenoxy) is 1. The van der Waals surface area contributed by atoms with E-state index < -0.39 is 4.92 Å². The molecule has 3 heterocycles. The zero-order chi connectivity index (χ0) is 22.7. The second kappa shape index (κ2) is 9.76. The van der Waals surface area contributed by atoms with Crippen LogP contribution in [-0.4, -0.2) is 95.6 Å². The van der Waals surface area contributed by atoms with Crippen LogP contribution in [0, 0.1) is 16.0 Å². The van der Waals surface area contributed by atoms with Crippen molar-refractivity contribution in [3.05, 3.63) is 45.6 Å². The first kappa shape index (κ1) is 22.4. The van der Waals surface area contributed by atoms with Crippen molar-refractivity contribution < 1.29 is 24.4 Å². The number of hydrogen-bond donors (Lipinski definition) is 1. The molecule has 1 aromatic carbocycles. The number of benzene rings is 1. The average Bonchev–Trinajstić information content (AvgIpc) is 3.07. The lowest BCUT2D eigenvalue weighted by molar-refractivity contribution is -0.384. The summed E-state index contributed by atoms with van der Waals surface area (Å²) in [6, 6.07) is 5.75. The second-order valence-corrected chi connectivity index (χ2v) is 8.38. The Morgan fingerprint density at radius 1 is 1.06 bits per heavy atom. The van der Waals surface area contributed by atoms with E-state index in [1.54, 1.807) is 0 Å². The number of amides is 2. The van der Waals surface area contributed by atoms with Crippen LogP contribution in [0.15, 0.2) is 30.0 Å². The van der Waals surface area contributed by atoms with Crippen molar-refractivity contribution in [1.29, 1.82) is 0 Å². The number of nitrogens with zero attached hydrogens (tertiary/aromatic N) is 4. The number of aliphatic hydroxyl groups excluding tert-OH is 1. The summed E-state index contributed by atoms with van der Waals surface area (Å²) in [6.07, 6.45) is 1.69. The Balaban J connectivity index is 1.63. The molecule has 0 saturated carbocycles. The van der Waals surface area contributed by atoms with E-state index in [0.717, 1.165) is 25.9 Å². The summed E-state index contributed by atoms with van der Waals surface area (Å²) in [5, 5.41) is 20.7. The fourth-order valence-corrected chi connectivity index (χ4v) is 4.55. The highest BCUT2D eigenvalue weighted by atomic mass is 16.6. The minimum Gasteiger partial charge on any atom is -0.396 e. The quantitative estimate of drug-likeness (QED) is 0.371. The van der Waals surface area contributed by atoms with Gasteiger partial charge in [-0.1, -0.05) is 0 Å².